The van der Waals surface area contributed by atoms with Crippen molar-refractivity contribution in [1.29, 1.82) is 0 Å². The van der Waals surface area contributed by atoms with E-state index in [1.54, 1.807) is 0 Å². The Bertz CT molecular complexity index is 79.1. The Hall–Kier alpha value is 2.45. The van der Waals surface area contributed by atoms with E-state index in [9.17, 15) is 0 Å². The van der Waals surface area contributed by atoms with E-state index < -0.39 is 0 Å². The second kappa shape index (κ2) is 14.5. The van der Waals surface area contributed by atoms with E-state index in [1.807, 2.05) is 58.8 Å². The van der Waals surface area contributed by atoms with Gasteiger partial charge in [0.25, 0.3) is 0 Å². The lowest BCUT2D eigenvalue weighted by Crippen LogP contribution is -1.77. The third kappa shape index (κ3) is 14.5. The van der Waals surface area contributed by atoms with Gasteiger partial charge in [-0.15, -0.1) is 58.8 Å². The molecule has 0 aliphatic heterocycles. The highest BCUT2D eigenvalue weighted by molar-refractivity contribution is 8.29. The third-order valence-electron chi connectivity index (χ3n) is 0.849. The first-order valence-electron chi connectivity index (χ1n) is 3.52. The van der Waals surface area contributed by atoms with Crippen molar-refractivity contribution >= 4 is 84.1 Å². The molecular formula is C6H14S7. The van der Waals surface area contributed by atoms with E-state index in [2.05, 4.69) is 25.3 Å². The standard InChI is InChI=1S/C6H14S7/c7-1-9-3-11-5-13-6-12-4-10-2-8/h7-8H,1-6H2. The molecule has 7 heteroatoms. The van der Waals surface area contributed by atoms with Gasteiger partial charge >= 0.3 is 0 Å². The van der Waals surface area contributed by atoms with Crippen molar-refractivity contribution in [3.8, 4) is 0 Å². The summed E-state index contributed by atoms with van der Waals surface area (Å²) in [6.07, 6.45) is 0. The Kier molecular flexibility index (Phi) is 17.2. The molecule has 0 aromatic carbocycles. The number of rotatable bonds is 10. The first-order chi connectivity index (χ1) is 6.41. The minimum Gasteiger partial charge on any atom is -0.168 e. The molecule has 0 atom stereocenters. The first kappa shape index (κ1) is 15.4. The molecule has 0 fully saturated rings. The van der Waals surface area contributed by atoms with Gasteiger partial charge in [0, 0.05) is 30.5 Å². The predicted octanol–water partition coefficient (Wildman–Crippen LogP) is 4.26. The van der Waals surface area contributed by atoms with Crippen LogP contribution in [-0.2, 0) is 0 Å². The summed E-state index contributed by atoms with van der Waals surface area (Å²) in [7, 11) is 0. The van der Waals surface area contributed by atoms with Gasteiger partial charge in [0.05, 0.1) is 0 Å². The molecule has 0 aliphatic carbocycles. The maximum absolute atomic E-state index is 4.13. The van der Waals surface area contributed by atoms with Crippen molar-refractivity contribution in [2.45, 2.75) is 0 Å². The van der Waals surface area contributed by atoms with Gasteiger partial charge in [-0.25, -0.2) is 0 Å². The average molecular weight is 311 g/mol. The molecule has 0 nitrogen and oxygen atoms in total. The van der Waals surface area contributed by atoms with Gasteiger partial charge in [-0.2, -0.15) is 25.3 Å². The molecule has 0 saturated heterocycles. The van der Waals surface area contributed by atoms with E-state index in [0.29, 0.717) is 0 Å². The second-order valence-corrected chi connectivity index (χ2v) is 9.63. The van der Waals surface area contributed by atoms with Crippen LogP contribution in [0.5, 0.6) is 0 Å². The number of thiol groups is 2. The van der Waals surface area contributed by atoms with Gasteiger partial charge in [0.15, 0.2) is 0 Å². The molecule has 0 aliphatic rings. The molecule has 0 rings (SSSR count). The molecule has 0 radical (unpaired) electrons. The highest BCUT2D eigenvalue weighted by Crippen LogP contribution is 2.23. The van der Waals surface area contributed by atoms with Crippen LogP contribution in [0.2, 0.25) is 0 Å². The molecule has 0 saturated carbocycles. The van der Waals surface area contributed by atoms with Gasteiger partial charge in [-0.05, 0) is 0 Å². The lowest BCUT2D eigenvalue weighted by molar-refractivity contribution is 2.07. The maximum Gasteiger partial charge on any atom is 0.0408 e. The van der Waals surface area contributed by atoms with Crippen LogP contribution in [0.25, 0.3) is 0 Å². The molecule has 80 valence electrons. The van der Waals surface area contributed by atoms with E-state index in [-0.39, 0.29) is 0 Å². The summed E-state index contributed by atoms with van der Waals surface area (Å²) < 4.78 is 0. The summed E-state index contributed by atoms with van der Waals surface area (Å²) in [6, 6.07) is 0. The lowest BCUT2D eigenvalue weighted by atomic mass is 11.8. The summed E-state index contributed by atoms with van der Waals surface area (Å²) in [4.78, 5) is 0. The summed E-state index contributed by atoms with van der Waals surface area (Å²) in [5, 5.41) is 6.63. The zero-order valence-electron chi connectivity index (χ0n) is 7.18. The SMILES string of the molecule is SCSCSCSCSCSCS. The predicted molar refractivity (Wildman–Crippen MR) is 85.1 cm³/mol. The van der Waals surface area contributed by atoms with Crippen molar-refractivity contribution in [2.75, 3.05) is 30.5 Å². The largest absolute Gasteiger partial charge is 0.168 e. The van der Waals surface area contributed by atoms with E-state index >= 15 is 0 Å². The third-order valence-corrected chi connectivity index (χ3v) is 7.64. The molecule has 0 unspecified atom stereocenters. The van der Waals surface area contributed by atoms with Crippen LogP contribution in [0.1, 0.15) is 0 Å². The summed E-state index contributed by atoms with van der Waals surface area (Å²) in [5.41, 5.74) is 0. The fraction of sp³-hybridized carbons (Fsp3) is 1.00. The van der Waals surface area contributed by atoms with Crippen LogP contribution in [0.4, 0.5) is 0 Å². The number of hydrogen-bond acceptors (Lipinski definition) is 7. The van der Waals surface area contributed by atoms with Crippen LogP contribution < -0.4 is 0 Å². The van der Waals surface area contributed by atoms with Gasteiger partial charge in [-0.3, -0.25) is 0 Å². The molecule has 13 heavy (non-hydrogen) atoms. The van der Waals surface area contributed by atoms with Crippen LogP contribution >= 0.6 is 84.1 Å². The Labute approximate surface area is 113 Å². The van der Waals surface area contributed by atoms with E-state index in [4.69, 9.17) is 0 Å². The first-order valence-corrected chi connectivity index (χ1v) is 10.6. The van der Waals surface area contributed by atoms with Crippen molar-refractivity contribution in [1.82, 2.24) is 0 Å². The smallest absolute Gasteiger partial charge is 0.0408 e. The summed E-state index contributed by atoms with van der Waals surface area (Å²) in [6.45, 7) is 0. The number of hydrogen-bond donors (Lipinski definition) is 2. The zero-order valence-corrected chi connectivity index (χ0v) is 13.0. The zero-order chi connectivity index (χ0) is 9.78. The molecule has 0 spiro atoms. The normalized spacial score (nSPS) is 10.6. The fourth-order valence-corrected chi connectivity index (χ4v) is 6.89. The Balaban J connectivity index is 2.76. The molecule has 0 heterocycles. The molecule has 0 bridgehead atoms. The molecule has 0 aromatic rings. The minimum atomic E-state index is 0.936. The van der Waals surface area contributed by atoms with Crippen molar-refractivity contribution in [3.05, 3.63) is 0 Å². The molecule has 0 aromatic heterocycles. The van der Waals surface area contributed by atoms with Crippen molar-refractivity contribution < 1.29 is 0 Å². The van der Waals surface area contributed by atoms with Crippen molar-refractivity contribution in [3.63, 3.8) is 0 Å². The van der Waals surface area contributed by atoms with Gasteiger partial charge in [-0.1, -0.05) is 0 Å². The molecular weight excluding hydrogens is 297 g/mol. The average Bonchev–Trinajstić information content (AvgIpc) is 2.16. The van der Waals surface area contributed by atoms with E-state index in [0.717, 1.165) is 10.2 Å². The van der Waals surface area contributed by atoms with Crippen LogP contribution in [0, 0.1) is 0 Å². The Morgan fingerprint density at radius 1 is 0.538 bits per heavy atom. The topological polar surface area (TPSA) is 0 Å². The van der Waals surface area contributed by atoms with Gasteiger partial charge < -0.3 is 0 Å². The van der Waals surface area contributed by atoms with E-state index in [1.165, 1.54) is 20.3 Å². The Morgan fingerprint density at radius 2 is 0.846 bits per heavy atom. The quantitative estimate of drug-likeness (QED) is 0.350. The molecule has 0 N–H and O–H groups in total. The number of thioether (sulfide) groups is 5. The van der Waals surface area contributed by atoms with Crippen LogP contribution in [0.15, 0.2) is 0 Å². The summed E-state index contributed by atoms with van der Waals surface area (Å²) >= 11 is 18.0. The summed E-state index contributed by atoms with van der Waals surface area (Å²) in [5.74, 6) is 0. The highest BCUT2D eigenvalue weighted by Gasteiger charge is 1.91. The lowest BCUT2D eigenvalue weighted by Gasteiger charge is -2.00. The van der Waals surface area contributed by atoms with Crippen LogP contribution in [-0.4, -0.2) is 30.5 Å². The Morgan fingerprint density at radius 3 is 1.15 bits per heavy atom. The minimum absolute atomic E-state index is 0.936. The highest BCUT2D eigenvalue weighted by atomic mass is 32.3. The van der Waals surface area contributed by atoms with Crippen LogP contribution in [0.3, 0.4) is 0 Å². The van der Waals surface area contributed by atoms with Gasteiger partial charge in [0.2, 0.25) is 0 Å². The van der Waals surface area contributed by atoms with Gasteiger partial charge in [0.1, 0.15) is 0 Å². The molecule has 0 amide bonds. The monoisotopic (exact) mass is 310 g/mol. The maximum atomic E-state index is 4.13. The second-order valence-electron chi connectivity index (χ2n) is 1.75. The fourth-order valence-electron chi connectivity index (χ4n) is 0.412. The van der Waals surface area contributed by atoms with Crippen molar-refractivity contribution in [2.24, 2.45) is 0 Å².